The maximum atomic E-state index is 13.0. The smallest absolute Gasteiger partial charge is 0.272 e. The molecule has 158 valence electrons. The van der Waals surface area contributed by atoms with Crippen molar-refractivity contribution in [2.45, 2.75) is 34.1 Å². The minimum atomic E-state index is -0.474. The molecule has 7 heteroatoms. The van der Waals surface area contributed by atoms with Crippen LogP contribution in [0.4, 0.5) is 11.4 Å². The second-order valence-corrected chi connectivity index (χ2v) is 8.40. The van der Waals surface area contributed by atoms with Crippen LogP contribution in [-0.4, -0.2) is 34.7 Å². The number of nitrogens with one attached hydrogen (secondary N) is 1. The van der Waals surface area contributed by atoms with Gasteiger partial charge in [-0.05, 0) is 61.9 Å². The molecule has 30 heavy (non-hydrogen) atoms. The summed E-state index contributed by atoms with van der Waals surface area (Å²) >= 11 is 0. The van der Waals surface area contributed by atoms with Crippen LogP contribution in [0.3, 0.4) is 0 Å². The van der Waals surface area contributed by atoms with E-state index in [1.807, 2.05) is 17.9 Å². The molecule has 1 N–H and O–H groups in total. The quantitative estimate of drug-likeness (QED) is 0.591. The predicted molar refractivity (Wildman–Crippen MR) is 116 cm³/mol. The van der Waals surface area contributed by atoms with Gasteiger partial charge in [-0.25, -0.2) is 0 Å². The lowest BCUT2D eigenvalue weighted by Gasteiger charge is -2.35. The number of anilines is 1. The molecule has 2 amide bonds. The Morgan fingerprint density at radius 3 is 2.23 bits per heavy atom. The Kier molecular flexibility index (Phi) is 6.20. The van der Waals surface area contributed by atoms with Crippen LogP contribution < -0.4 is 5.32 Å². The van der Waals surface area contributed by atoms with Gasteiger partial charge in [0.15, 0.2) is 0 Å². The van der Waals surface area contributed by atoms with Crippen molar-refractivity contribution in [2.75, 3.05) is 18.4 Å². The minimum Gasteiger partial charge on any atom is -0.338 e. The fourth-order valence-electron chi connectivity index (χ4n) is 4.10. The Labute approximate surface area is 176 Å². The lowest BCUT2D eigenvalue weighted by atomic mass is 9.91. The van der Waals surface area contributed by atoms with Crippen LogP contribution in [0.25, 0.3) is 0 Å². The third-order valence-corrected chi connectivity index (χ3v) is 5.54. The first-order valence-corrected chi connectivity index (χ1v) is 10.1. The van der Waals surface area contributed by atoms with Gasteiger partial charge in [-0.15, -0.1) is 0 Å². The first kappa shape index (κ1) is 21.5. The number of aryl methyl sites for hydroxylation is 2. The largest absolute Gasteiger partial charge is 0.338 e. The Hall–Kier alpha value is -3.22. The lowest BCUT2D eigenvalue weighted by molar-refractivity contribution is -0.385. The number of likely N-dealkylation sites (tertiary alicyclic amines) is 1. The van der Waals surface area contributed by atoms with Crippen molar-refractivity contribution < 1.29 is 14.5 Å². The van der Waals surface area contributed by atoms with E-state index in [1.165, 1.54) is 18.2 Å². The highest BCUT2D eigenvalue weighted by Gasteiger charge is 2.26. The molecule has 1 heterocycles. The fourth-order valence-corrected chi connectivity index (χ4v) is 4.10. The molecule has 0 spiro atoms. The van der Waals surface area contributed by atoms with E-state index in [2.05, 4.69) is 19.2 Å². The Balaban J connectivity index is 1.80. The zero-order chi connectivity index (χ0) is 22.0. The number of amides is 2. The number of carbonyl (C=O) groups is 2. The van der Waals surface area contributed by atoms with Crippen molar-refractivity contribution in [3.8, 4) is 0 Å². The van der Waals surface area contributed by atoms with Crippen LogP contribution in [0.1, 0.15) is 52.1 Å². The highest BCUT2D eigenvalue weighted by Crippen LogP contribution is 2.25. The van der Waals surface area contributed by atoms with Crippen molar-refractivity contribution >= 4 is 23.2 Å². The highest BCUT2D eigenvalue weighted by atomic mass is 16.6. The molecule has 2 unspecified atom stereocenters. The summed E-state index contributed by atoms with van der Waals surface area (Å²) in [4.78, 5) is 38.1. The van der Waals surface area contributed by atoms with Gasteiger partial charge < -0.3 is 10.2 Å². The van der Waals surface area contributed by atoms with Crippen LogP contribution in [0.5, 0.6) is 0 Å². The van der Waals surface area contributed by atoms with Gasteiger partial charge in [0.2, 0.25) is 0 Å². The molecular weight excluding hydrogens is 382 g/mol. The Bertz CT molecular complexity index is 992. The van der Waals surface area contributed by atoms with Gasteiger partial charge in [-0.1, -0.05) is 19.9 Å². The third kappa shape index (κ3) is 4.67. The molecule has 2 aromatic carbocycles. The summed E-state index contributed by atoms with van der Waals surface area (Å²) in [6.45, 7) is 9.24. The normalized spacial score (nSPS) is 18.7. The maximum Gasteiger partial charge on any atom is 0.272 e. The van der Waals surface area contributed by atoms with Crippen molar-refractivity contribution in [1.29, 1.82) is 0 Å². The molecule has 1 aliphatic rings. The summed E-state index contributed by atoms with van der Waals surface area (Å²) in [5.41, 5.74) is 2.64. The average Bonchev–Trinajstić information content (AvgIpc) is 2.68. The Morgan fingerprint density at radius 2 is 1.63 bits per heavy atom. The topological polar surface area (TPSA) is 92.6 Å². The Morgan fingerprint density at radius 1 is 1.00 bits per heavy atom. The monoisotopic (exact) mass is 409 g/mol. The summed E-state index contributed by atoms with van der Waals surface area (Å²) in [6, 6.07) is 9.57. The van der Waals surface area contributed by atoms with Crippen molar-refractivity contribution in [2.24, 2.45) is 11.8 Å². The summed E-state index contributed by atoms with van der Waals surface area (Å²) in [5, 5.41) is 13.8. The molecule has 2 aromatic rings. The van der Waals surface area contributed by atoms with Gasteiger partial charge in [0.05, 0.1) is 4.92 Å². The van der Waals surface area contributed by atoms with Crippen molar-refractivity contribution in [3.05, 3.63) is 68.8 Å². The van der Waals surface area contributed by atoms with Gasteiger partial charge in [0.1, 0.15) is 0 Å². The van der Waals surface area contributed by atoms with Crippen LogP contribution in [0.2, 0.25) is 0 Å². The first-order chi connectivity index (χ1) is 14.2. The fraction of sp³-hybridized carbons (Fsp3) is 0.391. The number of nitrogens with zero attached hydrogens (tertiary/aromatic N) is 2. The van der Waals surface area contributed by atoms with Gasteiger partial charge >= 0.3 is 0 Å². The number of nitro benzene ring substituents is 1. The number of benzene rings is 2. The van der Waals surface area contributed by atoms with Crippen LogP contribution >= 0.6 is 0 Å². The SMILES string of the molecule is Cc1ccc(C(=O)N2CC(C)CC(C)C2)cc1NC(=O)c1ccc([N+](=O)[O-])c(C)c1. The lowest BCUT2D eigenvalue weighted by Crippen LogP contribution is -2.42. The van der Waals surface area contributed by atoms with E-state index in [4.69, 9.17) is 0 Å². The van der Waals surface area contributed by atoms with E-state index in [0.29, 0.717) is 34.2 Å². The number of hydrogen-bond acceptors (Lipinski definition) is 4. The zero-order valence-electron chi connectivity index (χ0n) is 17.8. The zero-order valence-corrected chi connectivity index (χ0v) is 17.8. The molecule has 1 aliphatic heterocycles. The molecular formula is C23H27N3O4. The second kappa shape index (κ2) is 8.65. The number of carbonyl (C=O) groups excluding carboxylic acids is 2. The van der Waals surface area contributed by atoms with E-state index in [9.17, 15) is 19.7 Å². The molecule has 0 aromatic heterocycles. The molecule has 1 fully saturated rings. The van der Waals surface area contributed by atoms with Gasteiger partial charge in [-0.2, -0.15) is 0 Å². The number of hydrogen-bond donors (Lipinski definition) is 1. The van der Waals surface area contributed by atoms with E-state index in [0.717, 1.165) is 25.1 Å². The van der Waals surface area contributed by atoms with Gasteiger partial charge in [0, 0.05) is 41.5 Å². The molecule has 7 nitrogen and oxygen atoms in total. The number of rotatable bonds is 4. The standard InChI is InChI=1S/C23H27N3O4/c1-14-9-15(2)13-25(12-14)23(28)19-6-5-16(3)20(11-19)24-22(27)18-7-8-21(26(29)30)17(4)10-18/h5-8,10-11,14-15H,9,12-13H2,1-4H3,(H,24,27). The van der Waals surface area contributed by atoms with Gasteiger partial charge in [0.25, 0.3) is 17.5 Å². The van der Waals surface area contributed by atoms with Crippen molar-refractivity contribution in [3.63, 3.8) is 0 Å². The maximum absolute atomic E-state index is 13.0. The van der Waals surface area contributed by atoms with Gasteiger partial charge in [-0.3, -0.25) is 19.7 Å². The predicted octanol–water partition coefficient (Wildman–Crippen LogP) is 4.58. The number of nitro groups is 1. The van der Waals surface area contributed by atoms with Crippen LogP contribution in [-0.2, 0) is 0 Å². The summed E-state index contributed by atoms with van der Waals surface area (Å²) in [6.07, 6.45) is 1.12. The molecule has 1 saturated heterocycles. The molecule has 0 bridgehead atoms. The minimum absolute atomic E-state index is 0.0275. The summed E-state index contributed by atoms with van der Waals surface area (Å²) in [7, 11) is 0. The summed E-state index contributed by atoms with van der Waals surface area (Å²) in [5.74, 6) is 0.524. The molecule has 0 saturated carbocycles. The number of piperidine rings is 1. The summed E-state index contributed by atoms with van der Waals surface area (Å²) < 4.78 is 0. The van der Waals surface area contributed by atoms with Crippen molar-refractivity contribution in [1.82, 2.24) is 4.90 Å². The van der Waals surface area contributed by atoms with E-state index in [1.54, 1.807) is 19.1 Å². The van der Waals surface area contributed by atoms with E-state index < -0.39 is 4.92 Å². The third-order valence-electron chi connectivity index (χ3n) is 5.54. The van der Waals surface area contributed by atoms with Crippen LogP contribution in [0, 0.1) is 35.8 Å². The highest BCUT2D eigenvalue weighted by molar-refractivity contribution is 6.06. The van der Waals surface area contributed by atoms with E-state index in [-0.39, 0.29) is 17.5 Å². The molecule has 0 radical (unpaired) electrons. The van der Waals surface area contributed by atoms with E-state index >= 15 is 0 Å². The molecule has 3 rings (SSSR count). The first-order valence-electron chi connectivity index (χ1n) is 10.1. The average molecular weight is 409 g/mol. The molecule has 0 aliphatic carbocycles. The second-order valence-electron chi connectivity index (χ2n) is 8.40. The molecule has 2 atom stereocenters. The van der Waals surface area contributed by atoms with Crippen LogP contribution in [0.15, 0.2) is 36.4 Å².